The van der Waals surface area contributed by atoms with Crippen molar-refractivity contribution in [3.05, 3.63) is 17.0 Å². The van der Waals surface area contributed by atoms with Crippen molar-refractivity contribution in [1.29, 1.82) is 0 Å². The average molecular weight is 238 g/mol. The molecule has 3 nitrogen and oxygen atoms in total. The third-order valence-electron chi connectivity index (χ3n) is 2.49. The van der Waals surface area contributed by atoms with Crippen LogP contribution in [0.2, 0.25) is 0 Å². The van der Waals surface area contributed by atoms with Crippen LogP contribution in [0, 0.1) is 0 Å². The fourth-order valence-electron chi connectivity index (χ4n) is 1.86. The molecule has 1 aliphatic carbocycles. The summed E-state index contributed by atoms with van der Waals surface area (Å²) in [6.45, 7) is 0.895. The molecule has 0 spiro atoms. The number of aromatic nitrogens is 2. The minimum Gasteiger partial charge on any atom is -0.314 e. The van der Waals surface area contributed by atoms with Crippen LogP contribution in [0.25, 0.3) is 0 Å². The summed E-state index contributed by atoms with van der Waals surface area (Å²) < 4.78 is 0. The van der Waals surface area contributed by atoms with Crippen LogP contribution in [0.15, 0.2) is 0 Å². The van der Waals surface area contributed by atoms with Crippen LogP contribution in [-0.4, -0.2) is 17.2 Å². The van der Waals surface area contributed by atoms with Crippen LogP contribution in [-0.2, 0) is 19.4 Å². The number of fused-ring (bicyclic) bond motifs is 1. The first-order valence-corrected chi connectivity index (χ1v) is 4.61. The fraction of sp³-hybridized carbons (Fsp3) is 0.667. The van der Waals surface area contributed by atoms with E-state index in [1.54, 1.807) is 0 Å². The minimum absolute atomic E-state index is 0. The largest absolute Gasteiger partial charge is 0.314 e. The van der Waals surface area contributed by atoms with E-state index in [1.807, 2.05) is 7.05 Å². The number of nitrogens with zero attached hydrogens (tertiary/aromatic N) is 1. The van der Waals surface area contributed by atoms with Gasteiger partial charge in [-0.2, -0.15) is 5.10 Å². The lowest BCUT2D eigenvalue weighted by Crippen LogP contribution is -2.09. The first kappa shape index (κ1) is 13.8. The molecule has 0 aromatic carbocycles. The van der Waals surface area contributed by atoms with Gasteiger partial charge in [-0.05, 0) is 38.3 Å². The zero-order chi connectivity index (χ0) is 8.39. The Balaban J connectivity index is 0.000000845. The Labute approximate surface area is 96.9 Å². The van der Waals surface area contributed by atoms with Crippen molar-refractivity contribution in [2.75, 3.05) is 7.05 Å². The van der Waals surface area contributed by atoms with E-state index in [1.165, 1.54) is 42.6 Å². The first-order chi connectivity index (χ1) is 5.92. The zero-order valence-corrected chi connectivity index (χ0v) is 9.93. The molecule has 0 saturated heterocycles. The van der Waals surface area contributed by atoms with Gasteiger partial charge < -0.3 is 5.32 Å². The molecule has 0 fully saturated rings. The lowest BCUT2D eigenvalue weighted by Gasteiger charge is -2.10. The maximum atomic E-state index is 4.30. The predicted molar refractivity (Wildman–Crippen MR) is 62.5 cm³/mol. The van der Waals surface area contributed by atoms with Gasteiger partial charge in [0, 0.05) is 12.2 Å². The summed E-state index contributed by atoms with van der Waals surface area (Å²) in [6.07, 6.45) is 5.03. The number of rotatable bonds is 2. The summed E-state index contributed by atoms with van der Waals surface area (Å²) in [5.41, 5.74) is 4.05. The number of halogens is 2. The molecule has 2 rings (SSSR count). The van der Waals surface area contributed by atoms with Gasteiger partial charge in [-0.1, -0.05) is 0 Å². The van der Waals surface area contributed by atoms with Crippen molar-refractivity contribution < 1.29 is 0 Å². The third kappa shape index (κ3) is 2.62. The summed E-state index contributed by atoms with van der Waals surface area (Å²) in [7, 11) is 1.96. The molecule has 0 bridgehead atoms. The molecule has 0 unspecified atom stereocenters. The number of hydrogen-bond donors (Lipinski definition) is 2. The highest BCUT2D eigenvalue weighted by atomic mass is 35.5. The zero-order valence-electron chi connectivity index (χ0n) is 8.30. The van der Waals surface area contributed by atoms with Crippen LogP contribution < -0.4 is 5.32 Å². The van der Waals surface area contributed by atoms with Gasteiger partial charge >= 0.3 is 0 Å². The lowest BCUT2D eigenvalue weighted by molar-refractivity contribution is 0.669. The molecule has 1 aromatic heterocycles. The van der Waals surface area contributed by atoms with Crippen LogP contribution in [0.3, 0.4) is 0 Å². The van der Waals surface area contributed by atoms with Gasteiger partial charge in [0.05, 0.1) is 5.69 Å². The first-order valence-electron chi connectivity index (χ1n) is 4.61. The van der Waals surface area contributed by atoms with Gasteiger partial charge in [0.15, 0.2) is 0 Å². The Morgan fingerprint density at radius 3 is 2.71 bits per heavy atom. The summed E-state index contributed by atoms with van der Waals surface area (Å²) in [4.78, 5) is 0. The Morgan fingerprint density at radius 1 is 1.29 bits per heavy atom. The van der Waals surface area contributed by atoms with E-state index in [2.05, 4.69) is 15.5 Å². The highest BCUT2D eigenvalue weighted by Crippen LogP contribution is 2.21. The molecule has 0 radical (unpaired) electrons. The molecular weight excluding hydrogens is 221 g/mol. The Kier molecular flexibility index (Phi) is 6.16. The van der Waals surface area contributed by atoms with E-state index in [0.717, 1.165) is 6.54 Å². The lowest BCUT2D eigenvalue weighted by atomic mass is 9.96. The molecule has 2 N–H and O–H groups in total. The summed E-state index contributed by atoms with van der Waals surface area (Å²) >= 11 is 0. The minimum atomic E-state index is 0. The molecule has 1 heterocycles. The number of aryl methyl sites for hydroxylation is 1. The quantitative estimate of drug-likeness (QED) is 0.825. The number of H-pyrrole nitrogens is 1. The SMILES string of the molecule is CNCc1n[nH]c2c1CCCC2.Cl.Cl. The molecule has 0 saturated carbocycles. The smallest absolute Gasteiger partial charge is 0.0794 e. The fourth-order valence-corrected chi connectivity index (χ4v) is 1.86. The van der Waals surface area contributed by atoms with Crippen LogP contribution in [0.4, 0.5) is 0 Å². The van der Waals surface area contributed by atoms with Crippen molar-refractivity contribution in [2.45, 2.75) is 32.2 Å². The van der Waals surface area contributed by atoms with Gasteiger partial charge in [0.1, 0.15) is 0 Å². The number of nitrogens with one attached hydrogen (secondary N) is 2. The Bertz CT molecular complexity index is 273. The van der Waals surface area contributed by atoms with E-state index >= 15 is 0 Å². The van der Waals surface area contributed by atoms with E-state index in [9.17, 15) is 0 Å². The Morgan fingerprint density at radius 2 is 2.00 bits per heavy atom. The van der Waals surface area contributed by atoms with E-state index in [4.69, 9.17) is 0 Å². The van der Waals surface area contributed by atoms with Crippen molar-refractivity contribution in [3.8, 4) is 0 Å². The summed E-state index contributed by atoms with van der Waals surface area (Å²) in [5.74, 6) is 0. The van der Waals surface area contributed by atoms with Gasteiger partial charge in [-0.15, -0.1) is 24.8 Å². The Hall–Kier alpha value is -0.250. The molecular formula is C9H17Cl2N3. The molecule has 1 aliphatic rings. The second-order valence-corrected chi connectivity index (χ2v) is 3.36. The van der Waals surface area contributed by atoms with Gasteiger partial charge in [-0.25, -0.2) is 0 Å². The van der Waals surface area contributed by atoms with Gasteiger partial charge in [-0.3, -0.25) is 5.10 Å². The van der Waals surface area contributed by atoms with Crippen molar-refractivity contribution >= 4 is 24.8 Å². The highest BCUT2D eigenvalue weighted by Gasteiger charge is 2.15. The average Bonchev–Trinajstić information content (AvgIpc) is 2.50. The van der Waals surface area contributed by atoms with E-state index in [-0.39, 0.29) is 24.8 Å². The number of aromatic amines is 1. The standard InChI is InChI=1S/C9H15N3.2ClH/c1-10-6-9-7-4-2-3-5-8(7)11-12-9;;/h10H,2-6H2,1H3,(H,11,12);2*1H. The van der Waals surface area contributed by atoms with Crippen molar-refractivity contribution in [2.24, 2.45) is 0 Å². The summed E-state index contributed by atoms with van der Waals surface area (Å²) in [6, 6.07) is 0. The molecule has 0 aliphatic heterocycles. The molecule has 5 heteroatoms. The molecule has 0 amide bonds. The predicted octanol–water partition coefficient (Wildman–Crippen LogP) is 1.85. The second kappa shape index (κ2) is 6.27. The third-order valence-corrected chi connectivity index (χ3v) is 2.49. The summed E-state index contributed by atoms with van der Waals surface area (Å²) in [5, 5.41) is 10.6. The molecule has 14 heavy (non-hydrogen) atoms. The maximum absolute atomic E-state index is 4.30. The van der Waals surface area contributed by atoms with Crippen LogP contribution in [0.1, 0.15) is 29.8 Å². The number of hydrogen-bond acceptors (Lipinski definition) is 2. The monoisotopic (exact) mass is 237 g/mol. The van der Waals surface area contributed by atoms with Crippen molar-refractivity contribution in [3.63, 3.8) is 0 Å². The highest BCUT2D eigenvalue weighted by molar-refractivity contribution is 5.85. The molecule has 0 atom stereocenters. The molecule has 1 aromatic rings. The molecule has 82 valence electrons. The second-order valence-electron chi connectivity index (χ2n) is 3.36. The van der Waals surface area contributed by atoms with Crippen LogP contribution in [0.5, 0.6) is 0 Å². The normalized spacial score (nSPS) is 13.8. The van der Waals surface area contributed by atoms with Crippen LogP contribution >= 0.6 is 24.8 Å². The van der Waals surface area contributed by atoms with E-state index < -0.39 is 0 Å². The van der Waals surface area contributed by atoms with Gasteiger partial charge in [0.2, 0.25) is 0 Å². The van der Waals surface area contributed by atoms with Crippen molar-refractivity contribution in [1.82, 2.24) is 15.5 Å². The van der Waals surface area contributed by atoms with Gasteiger partial charge in [0.25, 0.3) is 0 Å². The topological polar surface area (TPSA) is 40.7 Å². The van der Waals surface area contributed by atoms with E-state index in [0.29, 0.717) is 0 Å². The maximum Gasteiger partial charge on any atom is 0.0794 e.